The zero-order chi connectivity index (χ0) is 16.5. The van der Waals surface area contributed by atoms with E-state index >= 15 is 0 Å². The lowest BCUT2D eigenvalue weighted by molar-refractivity contribution is 0.0944. The molecule has 0 aliphatic rings. The normalized spacial score (nSPS) is 12.1. The second kappa shape index (κ2) is 9.16. The molecule has 4 heteroatoms. The molecular formula is C19H24O4. The van der Waals surface area contributed by atoms with E-state index in [1.54, 1.807) is 6.07 Å². The third-order valence-corrected chi connectivity index (χ3v) is 3.69. The van der Waals surface area contributed by atoms with Gasteiger partial charge in [0.2, 0.25) is 0 Å². The molecule has 124 valence electrons. The standard InChI is InChI=1S/C19H24O4/c1-15(14-20)9-10-17-11-12-19(23-17)18(21)8-5-13-22-16-6-3-2-4-7-16/h2-4,6-7,11-12,15,20H,5,8-10,13-14H2,1H3. The first kappa shape index (κ1) is 17.3. The third-order valence-electron chi connectivity index (χ3n) is 3.69. The molecule has 0 fully saturated rings. The number of furan rings is 1. The van der Waals surface area contributed by atoms with Gasteiger partial charge in [-0.15, -0.1) is 0 Å². The van der Waals surface area contributed by atoms with Crippen molar-refractivity contribution in [2.75, 3.05) is 13.2 Å². The quantitative estimate of drug-likeness (QED) is 0.534. The summed E-state index contributed by atoms with van der Waals surface area (Å²) in [5.41, 5.74) is 0. The monoisotopic (exact) mass is 316 g/mol. The Kier molecular flexibility index (Phi) is 6.88. The van der Waals surface area contributed by atoms with Crippen LogP contribution < -0.4 is 4.74 Å². The number of aliphatic hydroxyl groups excluding tert-OH is 1. The molecule has 1 aromatic heterocycles. The predicted molar refractivity (Wildman–Crippen MR) is 88.8 cm³/mol. The molecule has 2 rings (SSSR count). The number of hydrogen-bond acceptors (Lipinski definition) is 4. The van der Waals surface area contributed by atoms with Crippen molar-refractivity contribution < 1.29 is 19.1 Å². The maximum absolute atomic E-state index is 12.1. The number of ketones is 1. The summed E-state index contributed by atoms with van der Waals surface area (Å²) >= 11 is 0. The largest absolute Gasteiger partial charge is 0.494 e. The van der Waals surface area contributed by atoms with Crippen LogP contribution in [0.25, 0.3) is 0 Å². The number of carbonyl (C=O) groups excluding carboxylic acids is 1. The highest BCUT2D eigenvalue weighted by Gasteiger charge is 2.12. The minimum atomic E-state index is 0.00289. The average molecular weight is 316 g/mol. The Hall–Kier alpha value is -2.07. The molecule has 0 spiro atoms. The molecule has 1 aromatic carbocycles. The van der Waals surface area contributed by atoms with Gasteiger partial charge in [0.05, 0.1) is 6.61 Å². The van der Waals surface area contributed by atoms with Crippen LogP contribution in [-0.4, -0.2) is 24.1 Å². The number of Topliss-reactive ketones (excluding diaryl/α,β-unsaturated/α-hetero) is 1. The molecular weight excluding hydrogens is 292 g/mol. The average Bonchev–Trinajstić information content (AvgIpc) is 3.06. The van der Waals surface area contributed by atoms with Crippen molar-refractivity contribution in [1.82, 2.24) is 0 Å². The predicted octanol–water partition coefficient (Wildman–Crippen LogP) is 3.88. The number of hydrogen-bond donors (Lipinski definition) is 1. The van der Waals surface area contributed by atoms with E-state index in [-0.39, 0.29) is 18.3 Å². The van der Waals surface area contributed by atoms with E-state index in [4.69, 9.17) is 14.3 Å². The molecule has 1 heterocycles. The number of aryl methyl sites for hydroxylation is 1. The van der Waals surface area contributed by atoms with Crippen LogP contribution in [0.1, 0.15) is 42.5 Å². The van der Waals surface area contributed by atoms with Crippen LogP contribution in [0.5, 0.6) is 5.75 Å². The molecule has 1 atom stereocenters. The summed E-state index contributed by atoms with van der Waals surface area (Å²) in [5.74, 6) is 2.28. The van der Waals surface area contributed by atoms with Crippen molar-refractivity contribution in [2.24, 2.45) is 5.92 Å². The van der Waals surface area contributed by atoms with Gasteiger partial charge in [-0.2, -0.15) is 0 Å². The Bertz CT molecular complexity index is 588. The highest BCUT2D eigenvalue weighted by atomic mass is 16.5. The SMILES string of the molecule is CC(CO)CCc1ccc(C(=O)CCCOc2ccccc2)o1. The molecule has 23 heavy (non-hydrogen) atoms. The van der Waals surface area contributed by atoms with E-state index in [1.165, 1.54) is 0 Å². The topological polar surface area (TPSA) is 59.7 Å². The van der Waals surface area contributed by atoms with Gasteiger partial charge in [-0.3, -0.25) is 4.79 Å². The van der Waals surface area contributed by atoms with Gasteiger partial charge in [0.25, 0.3) is 0 Å². The molecule has 1 N–H and O–H groups in total. The second-order valence-corrected chi connectivity index (χ2v) is 5.78. The second-order valence-electron chi connectivity index (χ2n) is 5.78. The minimum Gasteiger partial charge on any atom is -0.494 e. The van der Waals surface area contributed by atoms with Gasteiger partial charge < -0.3 is 14.3 Å². The zero-order valence-electron chi connectivity index (χ0n) is 13.5. The summed E-state index contributed by atoms with van der Waals surface area (Å²) < 4.78 is 11.2. The fourth-order valence-corrected chi connectivity index (χ4v) is 2.20. The van der Waals surface area contributed by atoms with Crippen molar-refractivity contribution in [3.05, 3.63) is 54.0 Å². The van der Waals surface area contributed by atoms with Crippen LogP contribution in [0, 0.1) is 5.92 Å². The van der Waals surface area contributed by atoms with Gasteiger partial charge in [0, 0.05) is 19.4 Å². The van der Waals surface area contributed by atoms with Gasteiger partial charge in [0.15, 0.2) is 11.5 Å². The van der Waals surface area contributed by atoms with E-state index in [2.05, 4.69) is 0 Å². The number of para-hydroxylation sites is 1. The van der Waals surface area contributed by atoms with Gasteiger partial charge in [0.1, 0.15) is 11.5 Å². The van der Waals surface area contributed by atoms with Crippen LogP contribution in [0.15, 0.2) is 46.9 Å². The Balaban J connectivity index is 1.70. The summed E-state index contributed by atoms with van der Waals surface area (Å²) in [7, 11) is 0. The lowest BCUT2D eigenvalue weighted by Gasteiger charge is -2.05. The minimum absolute atomic E-state index is 0.00289. The first-order valence-electron chi connectivity index (χ1n) is 8.09. The van der Waals surface area contributed by atoms with E-state index in [0.29, 0.717) is 25.2 Å². The van der Waals surface area contributed by atoms with Crippen LogP contribution in [0.2, 0.25) is 0 Å². The van der Waals surface area contributed by atoms with E-state index in [0.717, 1.165) is 24.4 Å². The van der Waals surface area contributed by atoms with Crippen molar-refractivity contribution in [2.45, 2.75) is 32.6 Å². The van der Waals surface area contributed by atoms with E-state index < -0.39 is 0 Å². The summed E-state index contributed by atoms with van der Waals surface area (Å²) in [6.07, 6.45) is 2.66. The summed E-state index contributed by atoms with van der Waals surface area (Å²) in [6, 6.07) is 13.1. The number of ether oxygens (including phenoxy) is 1. The maximum Gasteiger partial charge on any atom is 0.198 e. The molecule has 0 bridgehead atoms. The van der Waals surface area contributed by atoms with Gasteiger partial charge in [-0.25, -0.2) is 0 Å². The fourth-order valence-electron chi connectivity index (χ4n) is 2.20. The maximum atomic E-state index is 12.1. The van der Waals surface area contributed by atoms with E-state index in [9.17, 15) is 4.79 Å². The molecule has 1 unspecified atom stereocenters. The lowest BCUT2D eigenvalue weighted by Crippen LogP contribution is -2.03. The highest BCUT2D eigenvalue weighted by Crippen LogP contribution is 2.15. The molecule has 0 aliphatic carbocycles. The van der Waals surface area contributed by atoms with Gasteiger partial charge in [-0.1, -0.05) is 25.1 Å². The molecule has 0 radical (unpaired) electrons. The van der Waals surface area contributed by atoms with Crippen LogP contribution >= 0.6 is 0 Å². The summed E-state index contributed by atoms with van der Waals surface area (Å²) in [4.78, 5) is 12.1. The van der Waals surface area contributed by atoms with Gasteiger partial charge >= 0.3 is 0 Å². The summed E-state index contributed by atoms with van der Waals surface area (Å²) in [6.45, 7) is 2.67. The third kappa shape index (κ3) is 5.91. The van der Waals surface area contributed by atoms with Crippen molar-refractivity contribution >= 4 is 5.78 Å². The summed E-state index contributed by atoms with van der Waals surface area (Å²) in [5, 5.41) is 9.01. The van der Waals surface area contributed by atoms with Crippen LogP contribution in [0.4, 0.5) is 0 Å². The first-order chi connectivity index (χ1) is 11.2. The number of benzene rings is 1. The molecule has 0 saturated carbocycles. The Morgan fingerprint density at radius 2 is 2.00 bits per heavy atom. The Labute approximate surface area is 137 Å². The molecule has 4 nitrogen and oxygen atoms in total. The Morgan fingerprint density at radius 3 is 2.74 bits per heavy atom. The Morgan fingerprint density at radius 1 is 1.22 bits per heavy atom. The molecule has 0 amide bonds. The molecule has 0 saturated heterocycles. The fraction of sp³-hybridized carbons (Fsp3) is 0.421. The molecule has 2 aromatic rings. The highest BCUT2D eigenvalue weighted by molar-refractivity contribution is 5.93. The first-order valence-corrected chi connectivity index (χ1v) is 8.09. The van der Waals surface area contributed by atoms with Crippen LogP contribution in [0.3, 0.4) is 0 Å². The van der Waals surface area contributed by atoms with Crippen molar-refractivity contribution in [1.29, 1.82) is 0 Å². The number of rotatable bonds is 10. The zero-order valence-corrected chi connectivity index (χ0v) is 13.5. The van der Waals surface area contributed by atoms with Gasteiger partial charge in [-0.05, 0) is 43.0 Å². The van der Waals surface area contributed by atoms with Crippen molar-refractivity contribution in [3.63, 3.8) is 0 Å². The number of aliphatic hydroxyl groups is 1. The molecule has 0 aliphatic heterocycles. The van der Waals surface area contributed by atoms with Crippen LogP contribution in [-0.2, 0) is 6.42 Å². The number of carbonyl (C=O) groups is 1. The van der Waals surface area contributed by atoms with E-state index in [1.807, 2.05) is 43.3 Å². The lowest BCUT2D eigenvalue weighted by atomic mass is 10.1. The smallest absolute Gasteiger partial charge is 0.198 e. The van der Waals surface area contributed by atoms with Crippen molar-refractivity contribution in [3.8, 4) is 5.75 Å².